The lowest BCUT2D eigenvalue weighted by atomic mass is 10.0. The molecule has 0 amide bonds. The molecule has 0 atom stereocenters. The van der Waals surface area contributed by atoms with Gasteiger partial charge in [-0.3, -0.25) is 4.90 Å². The van der Waals surface area contributed by atoms with E-state index in [1.54, 1.807) is 0 Å². The maximum absolute atomic E-state index is 4.82. The van der Waals surface area contributed by atoms with Crippen molar-refractivity contribution < 1.29 is 0 Å². The number of nitrogens with zero attached hydrogens (tertiary/aromatic N) is 5. The lowest BCUT2D eigenvalue weighted by Crippen LogP contribution is -2.43. The van der Waals surface area contributed by atoms with Gasteiger partial charge in [-0.25, -0.2) is 15.0 Å². The molecule has 0 N–H and O–H groups in total. The predicted molar refractivity (Wildman–Crippen MR) is 97.6 cm³/mol. The van der Waals surface area contributed by atoms with E-state index in [1.165, 1.54) is 23.5 Å². The van der Waals surface area contributed by atoms with Gasteiger partial charge in [0.15, 0.2) is 0 Å². The van der Waals surface area contributed by atoms with E-state index in [9.17, 15) is 0 Å². The molecule has 1 saturated heterocycles. The van der Waals surface area contributed by atoms with Crippen LogP contribution in [-0.2, 0) is 6.54 Å². The molecule has 0 aromatic carbocycles. The number of thiazole rings is 1. The highest BCUT2D eigenvalue weighted by molar-refractivity contribution is 7.09. The molecule has 128 valence electrons. The molecule has 24 heavy (non-hydrogen) atoms. The maximum Gasteiger partial charge on any atom is 0.225 e. The zero-order valence-electron chi connectivity index (χ0n) is 14.5. The first-order valence-electron chi connectivity index (χ1n) is 8.87. The molecule has 0 bridgehead atoms. The standard InChI is InChI=1S/C18H25N5S/c1-13-9-19-18(20-10-13)22(2)16-5-7-23(8-6-16)11-15-12-24-17(21-15)14-3-4-14/h9-10,12,14,16H,3-8,11H2,1-2H3. The molecule has 1 aliphatic heterocycles. The first-order chi connectivity index (χ1) is 11.7. The second-order valence-corrected chi connectivity index (χ2v) is 8.02. The fraction of sp³-hybridized carbons (Fsp3) is 0.611. The van der Waals surface area contributed by atoms with E-state index >= 15 is 0 Å². The molecule has 2 fully saturated rings. The van der Waals surface area contributed by atoms with Crippen molar-refractivity contribution in [3.05, 3.63) is 34.0 Å². The van der Waals surface area contributed by atoms with Crippen LogP contribution in [0.15, 0.2) is 17.8 Å². The largest absolute Gasteiger partial charge is 0.341 e. The van der Waals surface area contributed by atoms with E-state index in [1.807, 2.05) is 30.7 Å². The van der Waals surface area contributed by atoms with E-state index in [4.69, 9.17) is 4.98 Å². The Labute approximate surface area is 147 Å². The molecule has 3 heterocycles. The minimum absolute atomic E-state index is 0.529. The van der Waals surface area contributed by atoms with Gasteiger partial charge in [0.05, 0.1) is 10.7 Å². The topological polar surface area (TPSA) is 45.2 Å². The normalized spacial score (nSPS) is 19.6. The molecule has 5 nitrogen and oxygen atoms in total. The zero-order valence-corrected chi connectivity index (χ0v) is 15.3. The first-order valence-corrected chi connectivity index (χ1v) is 9.75. The molecule has 4 rings (SSSR count). The number of piperidine rings is 1. The van der Waals surface area contributed by atoms with E-state index in [-0.39, 0.29) is 0 Å². The van der Waals surface area contributed by atoms with Crippen molar-refractivity contribution in [2.24, 2.45) is 0 Å². The lowest BCUT2D eigenvalue weighted by Gasteiger charge is -2.36. The van der Waals surface area contributed by atoms with Crippen molar-refractivity contribution in [3.8, 4) is 0 Å². The summed E-state index contributed by atoms with van der Waals surface area (Å²) < 4.78 is 0. The van der Waals surface area contributed by atoms with Gasteiger partial charge in [0.25, 0.3) is 0 Å². The van der Waals surface area contributed by atoms with Crippen molar-refractivity contribution in [2.75, 3.05) is 25.0 Å². The van der Waals surface area contributed by atoms with Crippen LogP contribution in [0.4, 0.5) is 5.95 Å². The van der Waals surface area contributed by atoms with Crippen LogP contribution in [0, 0.1) is 6.92 Å². The Morgan fingerprint density at radius 3 is 2.54 bits per heavy atom. The number of hydrogen-bond donors (Lipinski definition) is 0. The Kier molecular flexibility index (Phi) is 4.50. The summed E-state index contributed by atoms with van der Waals surface area (Å²) in [6.07, 6.45) is 8.79. The van der Waals surface area contributed by atoms with Crippen molar-refractivity contribution in [3.63, 3.8) is 0 Å². The SMILES string of the molecule is Cc1cnc(N(C)C2CCN(Cc3csc(C4CC4)n3)CC2)nc1. The second kappa shape index (κ2) is 6.76. The van der Waals surface area contributed by atoms with Crippen LogP contribution in [0.5, 0.6) is 0 Å². The van der Waals surface area contributed by atoms with Crippen LogP contribution in [0.3, 0.4) is 0 Å². The van der Waals surface area contributed by atoms with Crippen LogP contribution in [-0.4, -0.2) is 46.0 Å². The Hall–Kier alpha value is -1.53. The smallest absolute Gasteiger partial charge is 0.225 e. The van der Waals surface area contributed by atoms with Crippen LogP contribution < -0.4 is 4.90 Å². The summed E-state index contributed by atoms with van der Waals surface area (Å²) >= 11 is 1.85. The summed E-state index contributed by atoms with van der Waals surface area (Å²) in [5.74, 6) is 1.62. The Bertz CT molecular complexity index is 671. The number of aromatic nitrogens is 3. The van der Waals surface area contributed by atoms with Crippen LogP contribution in [0.25, 0.3) is 0 Å². The minimum Gasteiger partial charge on any atom is -0.341 e. The average Bonchev–Trinajstić information content (AvgIpc) is 3.36. The summed E-state index contributed by atoms with van der Waals surface area (Å²) in [7, 11) is 2.12. The van der Waals surface area contributed by atoms with Gasteiger partial charge in [0.1, 0.15) is 0 Å². The van der Waals surface area contributed by atoms with Gasteiger partial charge < -0.3 is 4.90 Å². The van der Waals surface area contributed by atoms with Crippen LogP contribution >= 0.6 is 11.3 Å². The summed E-state index contributed by atoms with van der Waals surface area (Å²) in [5.41, 5.74) is 2.37. The van der Waals surface area contributed by atoms with Gasteiger partial charge >= 0.3 is 0 Å². The third kappa shape index (κ3) is 3.59. The Balaban J connectivity index is 1.30. The molecule has 2 aromatic rings. The molecule has 6 heteroatoms. The van der Waals surface area contributed by atoms with Gasteiger partial charge in [-0.05, 0) is 38.2 Å². The van der Waals surface area contributed by atoms with Crippen molar-refractivity contribution >= 4 is 17.3 Å². The summed E-state index contributed by atoms with van der Waals surface area (Å²) in [4.78, 5) is 18.5. The van der Waals surface area contributed by atoms with E-state index in [2.05, 4.69) is 32.2 Å². The quantitative estimate of drug-likeness (QED) is 0.834. The number of hydrogen-bond acceptors (Lipinski definition) is 6. The van der Waals surface area contributed by atoms with Crippen LogP contribution in [0.1, 0.15) is 47.9 Å². The van der Waals surface area contributed by atoms with E-state index in [0.29, 0.717) is 6.04 Å². The summed E-state index contributed by atoms with van der Waals surface area (Å²) in [6, 6.07) is 0.529. The summed E-state index contributed by atoms with van der Waals surface area (Å²) in [6.45, 7) is 5.27. The van der Waals surface area contributed by atoms with E-state index in [0.717, 1.165) is 49.9 Å². The van der Waals surface area contributed by atoms with Gasteiger partial charge in [-0.1, -0.05) is 0 Å². The van der Waals surface area contributed by atoms with Gasteiger partial charge in [0, 0.05) is 56.4 Å². The number of anilines is 1. The maximum atomic E-state index is 4.82. The van der Waals surface area contributed by atoms with Crippen molar-refractivity contribution in [1.29, 1.82) is 0 Å². The second-order valence-electron chi connectivity index (χ2n) is 7.13. The number of likely N-dealkylation sites (tertiary alicyclic amines) is 1. The lowest BCUT2D eigenvalue weighted by molar-refractivity contribution is 0.201. The zero-order chi connectivity index (χ0) is 16.5. The fourth-order valence-electron chi connectivity index (χ4n) is 3.34. The molecule has 2 aliphatic rings. The van der Waals surface area contributed by atoms with Gasteiger partial charge in [-0.2, -0.15) is 0 Å². The third-order valence-corrected chi connectivity index (χ3v) is 6.13. The minimum atomic E-state index is 0.529. The molecule has 2 aromatic heterocycles. The van der Waals surface area contributed by atoms with Crippen molar-refractivity contribution in [1.82, 2.24) is 19.9 Å². The molecule has 1 aliphatic carbocycles. The molecule has 0 spiro atoms. The fourth-order valence-corrected chi connectivity index (χ4v) is 4.32. The number of rotatable bonds is 5. The van der Waals surface area contributed by atoms with Gasteiger partial charge in [0.2, 0.25) is 5.95 Å². The highest BCUT2D eigenvalue weighted by atomic mass is 32.1. The first kappa shape index (κ1) is 16.0. The van der Waals surface area contributed by atoms with Crippen molar-refractivity contribution in [2.45, 2.75) is 51.1 Å². The molecular weight excluding hydrogens is 318 g/mol. The molecule has 0 radical (unpaired) electrons. The molecule has 0 unspecified atom stereocenters. The third-order valence-electron chi connectivity index (χ3n) is 5.07. The predicted octanol–water partition coefficient (Wildman–Crippen LogP) is 3.22. The Morgan fingerprint density at radius 1 is 1.17 bits per heavy atom. The monoisotopic (exact) mass is 343 g/mol. The highest BCUT2D eigenvalue weighted by Gasteiger charge is 2.28. The number of aryl methyl sites for hydroxylation is 1. The molecule has 1 saturated carbocycles. The average molecular weight is 344 g/mol. The van der Waals surface area contributed by atoms with E-state index < -0.39 is 0 Å². The van der Waals surface area contributed by atoms with Gasteiger partial charge in [-0.15, -0.1) is 11.3 Å². The summed E-state index contributed by atoms with van der Waals surface area (Å²) in [5, 5.41) is 3.61. The Morgan fingerprint density at radius 2 is 1.88 bits per heavy atom. The van der Waals surface area contributed by atoms with Crippen LogP contribution in [0.2, 0.25) is 0 Å². The highest BCUT2D eigenvalue weighted by Crippen LogP contribution is 2.41. The molecular formula is C18H25N5S.